The monoisotopic (exact) mass is 273 g/mol. The number of aromatic nitrogens is 2. The van der Waals surface area contributed by atoms with Gasteiger partial charge in [0.2, 0.25) is 6.79 Å². The second-order valence-electron chi connectivity index (χ2n) is 4.48. The lowest BCUT2D eigenvalue weighted by Crippen LogP contribution is -2.25. The minimum atomic E-state index is -0.103. The number of benzene rings is 1. The quantitative estimate of drug-likeness (QED) is 0.837. The molecule has 6 nitrogen and oxygen atoms in total. The Morgan fingerprint density at radius 1 is 1.35 bits per heavy atom. The minimum Gasteiger partial charge on any atom is -0.454 e. The molecule has 0 fully saturated rings. The molecule has 1 amide bonds. The third kappa shape index (κ3) is 2.74. The van der Waals surface area contributed by atoms with Crippen LogP contribution in [-0.4, -0.2) is 28.8 Å². The SMILES string of the molecule is O=C(NCCCn1ccnc1)c1ccc2c(c1)OCO2. The standard InChI is InChI=1S/C14H15N3O3/c18-14(16-4-1-6-17-7-5-15-9-17)11-2-3-12-13(8-11)20-10-19-12/h2-3,5,7-9H,1,4,6,10H2,(H,16,18). The second kappa shape index (κ2) is 5.64. The molecule has 2 aromatic rings. The zero-order chi connectivity index (χ0) is 13.8. The molecule has 1 N–H and O–H groups in total. The summed E-state index contributed by atoms with van der Waals surface area (Å²) in [6.07, 6.45) is 6.26. The predicted molar refractivity (Wildman–Crippen MR) is 71.7 cm³/mol. The van der Waals surface area contributed by atoms with E-state index in [4.69, 9.17) is 9.47 Å². The highest BCUT2D eigenvalue weighted by Crippen LogP contribution is 2.32. The molecule has 0 saturated carbocycles. The van der Waals surface area contributed by atoms with Gasteiger partial charge >= 0.3 is 0 Å². The third-order valence-electron chi connectivity index (χ3n) is 3.07. The van der Waals surface area contributed by atoms with Gasteiger partial charge in [-0.3, -0.25) is 4.79 Å². The van der Waals surface area contributed by atoms with Crippen LogP contribution in [0.2, 0.25) is 0 Å². The molecule has 0 atom stereocenters. The van der Waals surface area contributed by atoms with Crippen molar-refractivity contribution >= 4 is 5.91 Å². The molecule has 3 rings (SSSR count). The number of hydrogen-bond acceptors (Lipinski definition) is 4. The van der Waals surface area contributed by atoms with E-state index in [2.05, 4.69) is 10.3 Å². The van der Waals surface area contributed by atoms with Crippen LogP contribution in [0.3, 0.4) is 0 Å². The normalized spacial score (nSPS) is 12.4. The number of nitrogens with zero attached hydrogens (tertiary/aromatic N) is 2. The Labute approximate surface area is 116 Å². The Hall–Kier alpha value is -2.50. The van der Waals surface area contributed by atoms with E-state index >= 15 is 0 Å². The van der Waals surface area contributed by atoms with Crippen molar-refractivity contribution in [3.8, 4) is 11.5 Å². The van der Waals surface area contributed by atoms with Gasteiger partial charge in [0.1, 0.15) is 0 Å². The minimum absolute atomic E-state index is 0.103. The molecular formula is C14H15N3O3. The second-order valence-corrected chi connectivity index (χ2v) is 4.48. The average molecular weight is 273 g/mol. The van der Waals surface area contributed by atoms with Crippen LogP contribution in [0.4, 0.5) is 0 Å². The Bertz CT molecular complexity index is 596. The summed E-state index contributed by atoms with van der Waals surface area (Å²) in [5.74, 6) is 1.20. The first kappa shape index (κ1) is 12.5. The first-order valence-electron chi connectivity index (χ1n) is 6.46. The van der Waals surface area contributed by atoms with Crippen LogP contribution in [0.5, 0.6) is 11.5 Å². The van der Waals surface area contributed by atoms with Gasteiger partial charge < -0.3 is 19.4 Å². The van der Waals surface area contributed by atoms with Crippen molar-refractivity contribution in [1.82, 2.24) is 14.9 Å². The lowest BCUT2D eigenvalue weighted by molar-refractivity contribution is 0.0952. The first-order chi connectivity index (χ1) is 9.83. The molecular weight excluding hydrogens is 258 g/mol. The van der Waals surface area contributed by atoms with Crippen molar-refractivity contribution in [2.24, 2.45) is 0 Å². The summed E-state index contributed by atoms with van der Waals surface area (Å²) in [4.78, 5) is 15.9. The summed E-state index contributed by atoms with van der Waals surface area (Å²) in [7, 11) is 0. The average Bonchev–Trinajstić information content (AvgIpc) is 3.13. The van der Waals surface area contributed by atoms with Crippen LogP contribution >= 0.6 is 0 Å². The maximum absolute atomic E-state index is 12.0. The van der Waals surface area contributed by atoms with Crippen LogP contribution in [0.25, 0.3) is 0 Å². The Kier molecular flexibility index (Phi) is 3.54. The third-order valence-corrected chi connectivity index (χ3v) is 3.07. The molecule has 1 aromatic heterocycles. The van der Waals surface area contributed by atoms with Crippen molar-refractivity contribution in [1.29, 1.82) is 0 Å². The van der Waals surface area contributed by atoms with Crippen LogP contribution in [0.15, 0.2) is 36.9 Å². The number of amides is 1. The highest BCUT2D eigenvalue weighted by molar-refractivity contribution is 5.94. The molecule has 1 aromatic carbocycles. The first-order valence-corrected chi connectivity index (χ1v) is 6.46. The zero-order valence-electron chi connectivity index (χ0n) is 10.9. The lowest BCUT2D eigenvalue weighted by atomic mass is 10.2. The predicted octanol–water partition coefficient (Wildman–Crippen LogP) is 1.43. The van der Waals surface area contributed by atoms with Gasteiger partial charge in [0.05, 0.1) is 6.33 Å². The van der Waals surface area contributed by atoms with E-state index in [0.717, 1.165) is 13.0 Å². The summed E-state index contributed by atoms with van der Waals surface area (Å²) < 4.78 is 12.4. The van der Waals surface area contributed by atoms with Gasteiger partial charge in [-0.2, -0.15) is 0 Å². The van der Waals surface area contributed by atoms with Crippen molar-refractivity contribution in [2.45, 2.75) is 13.0 Å². The molecule has 6 heteroatoms. The summed E-state index contributed by atoms with van der Waals surface area (Å²) >= 11 is 0. The molecule has 0 radical (unpaired) electrons. The molecule has 0 aliphatic carbocycles. The van der Waals surface area contributed by atoms with Gasteiger partial charge in [0.25, 0.3) is 5.91 Å². The molecule has 0 saturated heterocycles. The van der Waals surface area contributed by atoms with E-state index < -0.39 is 0 Å². The molecule has 1 aliphatic heterocycles. The molecule has 0 spiro atoms. The number of carbonyl (C=O) groups is 1. The van der Waals surface area contributed by atoms with Crippen molar-refractivity contribution in [3.63, 3.8) is 0 Å². The van der Waals surface area contributed by atoms with Gasteiger partial charge in [0.15, 0.2) is 11.5 Å². The molecule has 0 bridgehead atoms. The fourth-order valence-electron chi connectivity index (χ4n) is 2.02. The zero-order valence-corrected chi connectivity index (χ0v) is 10.9. The van der Waals surface area contributed by atoms with E-state index in [1.165, 1.54) is 0 Å². The molecule has 1 aliphatic rings. The van der Waals surface area contributed by atoms with Crippen molar-refractivity contribution < 1.29 is 14.3 Å². The summed E-state index contributed by atoms with van der Waals surface area (Å²) in [5.41, 5.74) is 0.580. The number of nitrogens with one attached hydrogen (secondary N) is 1. The fourth-order valence-corrected chi connectivity index (χ4v) is 2.02. The van der Waals surface area contributed by atoms with Gasteiger partial charge in [-0.15, -0.1) is 0 Å². The van der Waals surface area contributed by atoms with E-state index in [0.29, 0.717) is 23.6 Å². The van der Waals surface area contributed by atoms with Crippen molar-refractivity contribution in [3.05, 3.63) is 42.5 Å². The summed E-state index contributed by atoms with van der Waals surface area (Å²) in [6, 6.07) is 5.19. The number of carbonyl (C=O) groups excluding carboxylic acids is 1. The lowest BCUT2D eigenvalue weighted by Gasteiger charge is -2.06. The topological polar surface area (TPSA) is 65.4 Å². The highest BCUT2D eigenvalue weighted by atomic mass is 16.7. The number of rotatable bonds is 5. The maximum atomic E-state index is 12.0. The van der Waals surface area contributed by atoms with E-state index in [9.17, 15) is 4.79 Å². The maximum Gasteiger partial charge on any atom is 0.251 e. The van der Waals surface area contributed by atoms with Crippen LogP contribution in [-0.2, 0) is 6.54 Å². The molecule has 2 heterocycles. The van der Waals surface area contributed by atoms with E-state index in [-0.39, 0.29) is 12.7 Å². The van der Waals surface area contributed by atoms with Gasteiger partial charge in [-0.1, -0.05) is 0 Å². The van der Waals surface area contributed by atoms with Gasteiger partial charge in [-0.05, 0) is 24.6 Å². The summed E-state index contributed by atoms with van der Waals surface area (Å²) in [6.45, 7) is 1.66. The number of fused-ring (bicyclic) bond motifs is 1. The smallest absolute Gasteiger partial charge is 0.251 e. The van der Waals surface area contributed by atoms with Crippen molar-refractivity contribution in [2.75, 3.05) is 13.3 Å². The highest BCUT2D eigenvalue weighted by Gasteiger charge is 2.15. The van der Waals surface area contributed by atoms with Gasteiger partial charge in [0, 0.05) is 31.0 Å². The summed E-state index contributed by atoms with van der Waals surface area (Å²) in [5, 5.41) is 2.88. The van der Waals surface area contributed by atoms with Crippen LogP contribution < -0.4 is 14.8 Å². The number of aryl methyl sites for hydroxylation is 1. The van der Waals surface area contributed by atoms with E-state index in [1.54, 1.807) is 30.7 Å². The Balaban J connectivity index is 1.49. The Morgan fingerprint density at radius 2 is 2.25 bits per heavy atom. The van der Waals surface area contributed by atoms with Crippen LogP contribution in [0, 0.1) is 0 Å². The molecule has 0 unspecified atom stereocenters. The van der Waals surface area contributed by atoms with Gasteiger partial charge in [-0.25, -0.2) is 4.98 Å². The molecule has 20 heavy (non-hydrogen) atoms. The molecule has 104 valence electrons. The Morgan fingerprint density at radius 3 is 3.10 bits per heavy atom. The fraction of sp³-hybridized carbons (Fsp3) is 0.286. The number of hydrogen-bond donors (Lipinski definition) is 1. The largest absolute Gasteiger partial charge is 0.454 e. The number of imidazole rings is 1. The number of ether oxygens (including phenoxy) is 2. The van der Waals surface area contributed by atoms with E-state index in [1.807, 2.05) is 10.8 Å². The van der Waals surface area contributed by atoms with Crippen LogP contribution in [0.1, 0.15) is 16.8 Å².